The van der Waals surface area contributed by atoms with E-state index >= 15 is 0 Å². The Bertz CT molecular complexity index is 458. The first kappa shape index (κ1) is 16.5. The average Bonchev–Trinajstić information content (AvgIpc) is 2.49. The van der Waals surface area contributed by atoms with Gasteiger partial charge in [0, 0.05) is 18.2 Å². The Hall–Kier alpha value is -0.870. The molecule has 1 aliphatic carbocycles. The molecule has 1 aliphatic rings. The molecule has 21 heavy (non-hydrogen) atoms. The third-order valence-corrected chi connectivity index (χ3v) is 4.74. The van der Waals surface area contributed by atoms with Gasteiger partial charge in [-0.05, 0) is 46.7 Å². The molecule has 1 fully saturated rings. The van der Waals surface area contributed by atoms with E-state index in [2.05, 4.69) is 27.2 Å². The highest BCUT2D eigenvalue weighted by molar-refractivity contribution is 6.30. The minimum Gasteiger partial charge on any atom is -0.370 e. The fraction of sp³-hybridized carbons (Fsp3) is 0.750. The third-order valence-electron chi connectivity index (χ3n) is 4.38. The number of halogens is 1. The second kappa shape index (κ2) is 7.95. The zero-order valence-electron chi connectivity index (χ0n) is 13.5. The van der Waals surface area contributed by atoms with E-state index in [-0.39, 0.29) is 0 Å². The minimum absolute atomic E-state index is 0.546. The standard InChI is InChI=1S/C16H27ClN4/c1-12-15(17)19-13(2)20-16(12)18-10-7-11-21(3)14-8-5-4-6-9-14/h14H,4-11H2,1-3H3,(H,18,19,20). The Morgan fingerprint density at radius 2 is 1.90 bits per heavy atom. The molecule has 1 heterocycles. The maximum Gasteiger partial charge on any atom is 0.137 e. The summed E-state index contributed by atoms with van der Waals surface area (Å²) < 4.78 is 0. The van der Waals surface area contributed by atoms with E-state index in [4.69, 9.17) is 11.6 Å². The molecule has 0 aliphatic heterocycles. The van der Waals surface area contributed by atoms with Crippen molar-refractivity contribution in [2.75, 3.05) is 25.5 Å². The van der Waals surface area contributed by atoms with Crippen molar-refractivity contribution in [2.24, 2.45) is 0 Å². The van der Waals surface area contributed by atoms with Gasteiger partial charge in [-0.25, -0.2) is 9.97 Å². The number of hydrogen-bond donors (Lipinski definition) is 1. The molecule has 0 atom stereocenters. The van der Waals surface area contributed by atoms with Crippen LogP contribution in [0, 0.1) is 13.8 Å². The molecule has 2 rings (SSSR count). The van der Waals surface area contributed by atoms with Gasteiger partial charge in [-0.2, -0.15) is 0 Å². The van der Waals surface area contributed by atoms with Crippen molar-refractivity contribution in [3.8, 4) is 0 Å². The van der Waals surface area contributed by atoms with Crippen LogP contribution in [0.5, 0.6) is 0 Å². The van der Waals surface area contributed by atoms with Crippen LogP contribution in [0.3, 0.4) is 0 Å². The molecule has 118 valence electrons. The van der Waals surface area contributed by atoms with Crippen molar-refractivity contribution in [2.45, 2.75) is 58.4 Å². The van der Waals surface area contributed by atoms with E-state index in [1.54, 1.807) is 0 Å². The molecule has 0 unspecified atom stereocenters. The Labute approximate surface area is 133 Å². The second-order valence-electron chi connectivity index (χ2n) is 6.09. The molecule has 0 spiro atoms. The van der Waals surface area contributed by atoms with Gasteiger partial charge in [-0.15, -0.1) is 0 Å². The van der Waals surface area contributed by atoms with Gasteiger partial charge in [0.2, 0.25) is 0 Å². The Balaban J connectivity index is 1.74. The van der Waals surface area contributed by atoms with Crippen LogP contribution >= 0.6 is 11.6 Å². The van der Waals surface area contributed by atoms with Gasteiger partial charge >= 0.3 is 0 Å². The molecule has 0 amide bonds. The summed E-state index contributed by atoms with van der Waals surface area (Å²) in [7, 11) is 2.26. The first-order chi connectivity index (χ1) is 10.1. The maximum atomic E-state index is 6.08. The summed E-state index contributed by atoms with van der Waals surface area (Å²) in [6.07, 6.45) is 8.05. The summed E-state index contributed by atoms with van der Waals surface area (Å²) in [5.41, 5.74) is 0.933. The van der Waals surface area contributed by atoms with Crippen LogP contribution in [0.2, 0.25) is 5.15 Å². The van der Waals surface area contributed by atoms with Crippen molar-refractivity contribution >= 4 is 17.4 Å². The largest absolute Gasteiger partial charge is 0.370 e. The molecule has 5 heteroatoms. The first-order valence-corrected chi connectivity index (χ1v) is 8.40. The number of aryl methyl sites for hydroxylation is 1. The lowest BCUT2D eigenvalue weighted by Gasteiger charge is -2.31. The van der Waals surface area contributed by atoms with Gasteiger partial charge in [0.05, 0.1) is 0 Å². The van der Waals surface area contributed by atoms with Crippen molar-refractivity contribution in [1.82, 2.24) is 14.9 Å². The number of aromatic nitrogens is 2. The van der Waals surface area contributed by atoms with Gasteiger partial charge in [-0.1, -0.05) is 30.9 Å². The van der Waals surface area contributed by atoms with Crippen LogP contribution in [0.15, 0.2) is 0 Å². The molecule has 0 saturated heterocycles. The predicted molar refractivity (Wildman–Crippen MR) is 89.1 cm³/mol. The van der Waals surface area contributed by atoms with Gasteiger partial charge < -0.3 is 10.2 Å². The van der Waals surface area contributed by atoms with E-state index in [9.17, 15) is 0 Å². The SMILES string of the molecule is Cc1nc(Cl)c(C)c(NCCCN(C)C2CCCCC2)n1. The van der Waals surface area contributed by atoms with E-state index in [0.717, 1.165) is 36.9 Å². The van der Waals surface area contributed by atoms with Gasteiger partial charge in [0.25, 0.3) is 0 Å². The second-order valence-corrected chi connectivity index (χ2v) is 6.45. The fourth-order valence-corrected chi connectivity index (χ4v) is 3.22. The lowest BCUT2D eigenvalue weighted by atomic mass is 9.94. The number of hydrogen-bond acceptors (Lipinski definition) is 4. The number of rotatable bonds is 6. The molecule has 0 aromatic carbocycles. The van der Waals surface area contributed by atoms with E-state index in [1.807, 2.05) is 13.8 Å². The van der Waals surface area contributed by atoms with Crippen LogP contribution in [0.4, 0.5) is 5.82 Å². The number of anilines is 1. The highest BCUT2D eigenvalue weighted by Gasteiger charge is 2.17. The topological polar surface area (TPSA) is 41.1 Å². The quantitative estimate of drug-likeness (QED) is 0.641. The molecule has 1 aromatic rings. The minimum atomic E-state index is 0.546. The average molecular weight is 311 g/mol. The molecule has 1 aromatic heterocycles. The molecule has 0 bridgehead atoms. The molecule has 1 N–H and O–H groups in total. The lowest BCUT2D eigenvalue weighted by molar-refractivity contribution is 0.191. The van der Waals surface area contributed by atoms with E-state index < -0.39 is 0 Å². The normalized spacial score (nSPS) is 16.4. The third kappa shape index (κ3) is 4.82. The van der Waals surface area contributed by atoms with Gasteiger partial charge in [0.15, 0.2) is 0 Å². The van der Waals surface area contributed by atoms with Crippen LogP contribution in [-0.2, 0) is 0 Å². The summed E-state index contributed by atoms with van der Waals surface area (Å²) in [6.45, 7) is 5.88. The van der Waals surface area contributed by atoms with E-state index in [1.165, 1.54) is 32.1 Å². The Kier molecular flexibility index (Phi) is 6.24. The zero-order chi connectivity index (χ0) is 15.2. The lowest BCUT2D eigenvalue weighted by Crippen LogP contribution is -2.34. The van der Waals surface area contributed by atoms with Crippen LogP contribution < -0.4 is 5.32 Å². The first-order valence-electron chi connectivity index (χ1n) is 8.03. The maximum absolute atomic E-state index is 6.08. The smallest absolute Gasteiger partial charge is 0.137 e. The van der Waals surface area contributed by atoms with Gasteiger partial charge in [0.1, 0.15) is 16.8 Å². The van der Waals surface area contributed by atoms with Crippen molar-refractivity contribution in [1.29, 1.82) is 0 Å². The summed E-state index contributed by atoms with van der Waals surface area (Å²) in [4.78, 5) is 11.1. The van der Waals surface area contributed by atoms with Crippen molar-refractivity contribution < 1.29 is 0 Å². The fourth-order valence-electron chi connectivity index (χ4n) is 3.01. The monoisotopic (exact) mass is 310 g/mol. The molecule has 1 saturated carbocycles. The number of nitrogens with zero attached hydrogens (tertiary/aromatic N) is 3. The Morgan fingerprint density at radius 3 is 2.62 bits per heavy atom. The van der Waals surface area contributed by atoms with Crippen LogP contribution in [-0.4, -0.2) is 41.0 Å². The number of nitrogens with one attached hydrogen (secondary N) is 1. The van der Waals surface area contributed by atoms with Crippen molar-refractivity contribution in [3.63, 3.8) is 0 Å². The van der Waals surface area contributed by atoms with Crippen molar-refractivity contribution in [3.05, 3.63) is 16.5 Å². The molecule has 0 radical (unpaired) electrons. The van der Waals surface area contributed by atoms with Crippen LogP contribution in [0.1, 0.15) is 49.9 Å². The summed E-state index contributed by atoms with van der Waals surface area (Å²) in [5, 5.41) is 3.94. The highest BCUT2D eigenvalue weighted by atomic mass is 35.5. The molecular formula is C16H27ClN4. The summed E-state index contributed by atoms with van der Waals surface area (Å²) in [6, 6.07) is 0.788. The highest BCUT2D eigenvalue weighted by Crippen LogP contribution is 2.22. The van der Waals surface area contributed by atoms with Gasteiger partial charge in [-0.3, -0.25) is 0 Å². The predicted octanol–water partition coefficient (Wildman–Crippen LogP) is 3.81. The molecule has 4 nitrogen and oxygen atoms in total. The summed E-state index contributed by atoms with van der Waals surface area (Å²) in [5.74, 6) is 1.58. The van der Waals surface area contributed by atoms with E-state index in [0.29, 0.717) is 11.0 Å². The Morgan fingerprint density at radius 1 is 1.19 bits per heavy atom. The van der Waals surface area contributed by atoms with Crippen LogP contribution in [0.25, 0.3) is 0 Å². The molecular weight excluding hydrogens is 284 g/mol. The zero-order valence-corrected chi connectivity index (χ0v) is 14.2. The summed E-state index contributed by atoms with van der Waals surface area (Å²) >= 11 is 6.08.